The Balaban J connectivity index is 1.24. The minimum atomic E-state index is -3.87. The Morgan fingerprint density at radius 3 is 2.58 bits per heavy atom. The first-order valence-corrected chi connectivity index (χ1v) is 22.0. The summed E-state index contributed by atoms with van der Waals surface area (Å²) in [6.07, 6.45) is 9.73. The largest absolute Gasteiger partial charge is 0.488 e. The molecule has 2 aliphatic carbocycles. The second-order valence-corrected chi connectivity index (χ2v) is 17.8. The van der Waals surface area contributed by atoms with Crippen LogP contribution in [-0.2, 0) is 29.1 Å². The lowest BCUT2D eigenvalue weighted by molar-refractivity contribution is -0.141. The average molecular weight is 800 g/mol. The zero-order valence-electron chi connectivity index (χ0n) is 32.7. The smallest absolute Gasteiger partial charge is 0.407 e. The van der Waals surface area contributed by atoms with Crippen molar-refractivity contribution in [1.29, 1.82) is 0 Å². The van der Waals surface area contributed by atoms with Crippen molar-refractivity contribution in [1.82, 2.24) is 25.2 Å². The lowest BCUT2D eigenvalue weighted by Gasteiger charge is -2.29. The molecular weight excluding hydrogens is 747 g/mol. The van der Waals surface area contributed by atoms with E-state index < -0.39 is 62.8 Å². The van der Waals surface area contributed by atoms with E-state index in [1.807, 2.05) is 68.4 Å². The average Bonchev–Trinajstić information content (AvgIpc) is 4.14. The molecule has 0 radical (unpaired) electrons. The highest BCUT2D eigenvalue weighted by Gasteiger charge is 2.62. The Kier molecular flexibility index (Phi) is 12.2. The predicted molar refractivity (Wildman–Crippen MR) is 216 cm³/mol. The van der Waals surface area contributed by atoms with Gasteiger partial charge < -0.3 is 25.0 Å². The SMILES string of the molecule is CCCC[C@@H]1NC(=O)OCCCCCC=Cc2ccc3nc(-c4ccccc4)cc(c3c2)O[C@@H]2C[C@@H](C(=O)N[C@]3(C(=O)NS(=O)(=O)C4CC4)C[C@H]3CC)N(C2)C1=O. The number of nitrogens with zero attached hydrogens (tertiary/aromatic N) is 2. The van der Waals surface area contributed by atoms with E-state index in [1.165, 1.54) is 4.90 Å². The first-order valence-electron chi connectivity index (χ1n) is 20.5. The summed E-state index contributed by atoms with van der Waals surface area (Å²) in [4.78, 5) is 62.1. The normalized spacial score (nSPS) is 25.6. The molecule has 304 valence electrons. The number of rotatable bonds is 10. The van der Waals surface area contributed by atoms with Crippen molar-refractivity contribution >= 4 is 50.8 Å². The van der Waals surface area contributed by atoms with Crippen LogP contribution in [0.1, 0.15) is 96.5 Å². The molecule has 0 spiro atoms. The van der Waals surface area contributed by atoms with Gasteiger partial charge in [0, 0.05) is 23.4 Å². The van der Waals surface area contributed by atoms with Crippen molar-refractivity contribution in [2.45, 2.75) is 120 Å². The molecule has 1 aromatic heterocycles. The van der Waals surface area contributed by atoms with Crippen LogP contribution in [0, 0.1) is 5.92 Å². The van der Waals surface area contributed by atoms with E-state index >= 15 is 0 Å². The minimum absolute atomic E-state index is 0.0206. The molecule has 4 aliphatic rings. The first kappa shape index (κ1) is 40.2. The van der Waals surface area contributed by atoms with Crippen molar-refractivity contribution < 1.29 is 37.1 Å². The Hall–Kier alpha value is -4.98. The van der Waals surface area contributed by atoms with Gasteiger partial charge >= 0.3 is 6.09 Å². The third kappa shape index (κ3) is 9.27. The number of nitrogens with one attached hydrogen (secondary N) is 3. The first-order chi connectivity index (χ1) is 27.5. The molecule has 2 aliphatic heterocycles. The summed E-state index contributed by atoms with van der Waals surface area (Å²) < 4.78 is 40.1. The highest BCUT2D eigenvalue weighted by molar-refractivity contribution is 7.91. The monoisotopic (exact) mass is 799 g/mol. The van der Waals surface area contributed by atoms with E-state index in [4.69, 9.17) is 14.5 Å². The molecular formula is C43H53N5O8S. The number of hydrogen-bond acceptors (Lipinski definition) is 9. The Morgan fingerprint density at radius 1 is 1.04 bits per heavy atom. The molecule has 57 heavy (non-hydrogen) atoms. The van der Waals surface area contributed by atoms with E-state index in [9.17, 15) is 27.6 Å². The molecule has 7 rings (SSSR count). The van der Waals surface area contributed by atoms with Gasteiger partial charge in [-0.15, -0.1) is 0 Å². The van der Waals surface area contributed by atoms with E-state index in [1.54, 1.807) is 0 Å². The Bertz CT molecular complexity index is 2120. The molecule has 13 nitrogen and oxygen atoms in total. The lowest BCUT2D eigenvalue weighted by atomic mass is 10.1. The van der Waals surface area contributed by atoms with Crippen LogP contribution in [0.15, 0.2) is 60.7 Å². The van der Waals surface area contributed by atoms with Crippen molar-refractivity contribution in [2.24, 2.45) is 5.92 Å². The molecule has 5 atom stereocenters. The standard InChI is InChI=1S/C43H53N5O8S/c1-3-5-17-35-40(50)48-27-31(24-37(48)39(49)46-43(26-30(43)4-2)41(51)47-57(53,54)32-19-20-32)56-38-25-36(29-15-11-9-12-16-29)44-34-21-18-28(23-33(34)38)14-10-7-6-8-13-22-55-42(52)45-35/h9-12,14-16,18,21,23,25,30-32,35,37H,3-8,13,17,19-20,22,24,26-27H2,1-2H3,(H,45,52)(H,46,49)(H,47,51)/t30-,31-,35+,37+,43-/m1/s1. The van der Waals surface area contributed by atoms with E-state index in [0.717, 1.165) is 47.7 Å². The van der Waals surface area contributed by atoms with Crippen LogP contribution < -0.4 is 20.1 Å². The Morgan fingerprint density at radius 2 is 1.84 bits per heavy atom. The molecule has 14 heteroatoms. The fourth-order valence-electron chi connectivity index (χ4n) is 8.00. The van der Waals surface area contributed by atoms with Crippen LogP contribution in [0.25, 0.3) is 28.2 Å². The minimum Gasteiger partial charge on any atom is -0.488 e. The second kappa shape index (κ2) is 17.3. The Labute approximate surface area is 334 Å². The van der Waals surface area contributed by atoms with Gasteiger partial charge in [-0.1, -0.05) is 81.7 Å². The molecule has 3 N–H and O–H groups in total. The number of hydrogen-bond donors (Lipinski definition) is 3. The van der Waals surface area contributed by atoms with Gasteiger partial charge in [-0.2, -0.15) is 0 Å². The molecule has 3 aromatic rings. The van der Waals surface area contributed by atoms with Crippen LogP contribution in [0.5, 0.6) is 5.75 Å². The summed E-state index contributed by atoms with van der Waals surface area (Å²) in [6.45, 7) is 4.10. The number of alkyl carbamates (subject to hydrolysis) is 1. The van der Waals surface area contributed by atoms with Crippen LogP contribution in [0.4, 0.5) is 4.79 Å². The molecule has 3 fully saturated rings. The van der Waals surface area contributed by atoms with Gasteiger partial charge in [0.1, 0.15) is 29.5 Å². The maximum atomic E-state index is 14.6. The van der Waals surface area contributed by atoms with Gasteiger partial charge in [-0.3, -0.25) is 19.1 Å². The van der Waals surface area contributed by atoms with Crippen LogP contribution in [0.2, 0.25) is 0 Å². The number of cyclic esters (lactones) is 1. The third-order valence-corrected chi connectivity index (χ3v) is 13.4. The molecule has 4 amide bonds. The predicted octanol–water partition coefficient (Wildman–Crippen LogP) is 6.02. The second-order valence-electron chi connectivity index (χ2n) is 15.8. The maximum Gasteiger partial charge on any atom is 0.407 e. The number of fused-ring (bicyclic) bond motifs is 3. The fourth-order valence-corrected chi connectivity index (χ4v) is 9.36. The number of ether oxygens (including phenoxy) is 2. The summed E-state index contributed by atoms with van der Waals surface area (Å²) in [5.41, 5.74) is 1.87. The summed E-state index contributed by atoms with van der Waals surface area (Å²) in [5, 5.41) is 5.85. The van der Waals surface area contributed by atoms with Crippen molar-refractivity contribution in [3.63, 3.8) is 0 Å². The zero-order chi connectivity index (χ0) is 40.2. The van der Waals surface area contributed by atoms with Gasteiger partial charge in [0.25, 0.3) is 5.91 Å². The van der Waals surface area contributed by atoms with Crippen molar-refractivity contribution in [2.75, 3.05) is 13.2 Å². The van der Waals surface area contributed by atoms with E-state index in [-0.39, 0.29) is 31.9 Å². The number of sulfonamides is 1. The zero-order valence-corrected chi connectivity index (χ0v) is 33.5. The van der Waals surface area contributed by atoms with Crippen LogP contribution in [-0.4, -0.2) is 84.2 Å². The summed E-state index contributed by atoms with van der Waals surface area (Å²) in [6, 6.07) is 15.6. The number of carbonyl (C=O) groups is 4. The number of carbonyl (C=O) groups excluding carboxylic acids is 4. The molecule has 0 unspecified atom stereocenters. The van der Waals surface area contributed by atoms with Crippen molar-refractivity contribution in [3.05, 3.63) is 66.2 Å². The summed E-state index contributed by atoms with van der Waals surface area (Å²) >= 11 is 0. The van der Waals surface area contributed by atoms with Crippen LogP contribution >= 0.6 is 0 Å². The highest BCUT2D eigenvalue weighted by Crippen LogP contribution is 2.47. The number of amides is 4. The lowest BCUT2D eigenvalue weighted by Crippen LogP contribution is -2.58. The van der Waals surface area contributed by atoms with Gasteiger partial charge in [-0.25, -0.2) is 18.2 Å². The van der Waals surface area contributed by atoms with Gasteiger partial charge in [-0.05, 0) is 75.0 Å². The van der Waals surface area contributed by atoms with Crippen LogP contribution in [0.3, 0.4) is 0 Å². The number of pyridine rings is 1. The van der Waals surface area contributed by atoms with Crippen molar-refractivity contribution in [3.8, 4) is 17.0 Å². The third-order valence-electron chi connectivity index (χ3n) is 11.5. The molecule has 2 aromatic carbocycles. The fraction of sp³-hybridized carbons (Fsp3) is 0.512. The molecule has 4 bridgehead atoms. The van der Waals surface area contributed by atoms with Gasteiger partial charge in [0.15, 0.2) is 0 Å². The summed E-state index contributed by atoms with van der Waals surface area (Å²) in [5.74, 6) is -1.54. The molecule has 1 saturated heterocycles. The van der Waals surface area contributed by atoms with E-state index in [0.29, 0.717) is 50.0 Å². The summed E-state index contributed by atoms with van der Waals surface area (Å²) in [7, 11) is -3.87. The maximum absolute atomic E-state index is 14.6. The number of benzene rings is 2. The number of aromatic nitrogens is 1. The topological polar surface area (TPSA) is 173 Å². The number of unbranched alkanes of at least 4 members (excludes halogenated alkanes) is 1. The van der Waals surface area contributed by atoms with Gasteiger partial charge in [0.05, 0.1) is 29.6 Å². The quantitative estimate of drug-likeness (QED) is 0.222. The highest BCUT2D eigenvalue weighted by atomic mass is 32.2. The van der Waals surface area contributed by atoms with E-state index in [2.05, 4.69) is 27.5 Å². The molecule has 3 heterocycles. The number of allylic oxidation sites excluding steroid dienone is 1. The molecule has 2 saturated carbocycles. The van der Waals surface area contributed by atoms with Gasteiger partial charge in [0.2, 0.25) is 21.8 Å².